The minimum absolute atomic E-state index is 0.608. The predicted molar refractivity (Wildman–Crippen MR) is 71.4 cm³/mol. The topological polar surface area (TPSA) is 92.9 Å². The van der Waals surface area contributed by atoms with E-state index in [4.69, 9.17) is 5.84 Å². The van der Waals surface area contributed by atoms with Crippen LogP contribution in [-0.2, 0) is 10.8 Å². The van der Waals surface area contributed by atoms with E-state index in [1.165, 1.54) is 0 Å². The van der Waals surface area contributed by atoms with E-state index in [9.17, 15) is 4.21 Å². The molecule has 0 radical (unpaired) electrons. The highest BCUT2D eigenvalue weighted by atomic mass is 32.2. The lowest BCUT2D eigenvalue weighted by Gasteiger charge is -2.12. The summed E-state index contributed by atoms with van der Waals surface area (Å²) in [5.74, 6) is 8.65. The summed E-state index contributed by atoms with van der Waals surface area (Å²) in [7, 11) is -0.766. The molecule has 1 heterocycles. The third kappa shape index (κ3) is 3.94. The van der Waals surface area contributed by atoms with Gasteiger partial charge in [-0.05, 0) is 13.8 Å². The van der Waals surface area contributed by atoms with E-state index in [1.807, 2.05) is 13.8 Å². The van der Waals surface area contributed by atoms with Crippen LogP contribution in [0.3, 0.4) is 0 Å². The highest BCUT2D eigenvalue weighted by molar-refractivity contribution is 7.84. The molecule has 0 aliphatic carbocycles. The molecule has 1 unspecified atom stereocenters. The smallest absolute Gasteiger partial charge is 0.148 e. The van der Waals surface area contributed by atoms with Gasteiger partial charge in [0.05, 0.1) is 0 Å². The lowest BCUT2D eigenvalue weighted by atomic mass is 10.3. The largest absolute Gasteiger partial charge is 0.369 e. The van der Waals surface area contributed by atoms with Gasteiger partial charge in [-0.15, -0.1) is 0 Å². The third-order valence-corrected chi connectivity index (χ3v) is 3.64. The molecule has 1 rings (SSSR count). The first-order valence-corrected chi connectivity index (χ1v) is 6.98. The van der Waals surface area contributed by atoms with Crippen LogP contribution in [0.25, 0.3) is 0 Å². The molecule has 0 spiro atoms. The predicted octanol–water partition coefficient (Wildman–Crippen LogP) is 0.560. The lowest BCUT2D eigenvalue weighted by molar-refractivity contribution is 0.684. The zero-order chi connectivity index (χ0) is 12.8. The molecule has 96 valence electrons. The number of hydrazine groups is 1. The van der Waals surface area contributed by atoms with Gasteiger partial charge in [-0.1, -0.05) is 6.92 Å². The summed E-state index contributed by atoms with van der Waals surface area (Å²) < 4.78 is 11.3. The molecule has 1 aromatic heterocycles. The van der Waals surface area contributed by atoms with Crippen molar-refractivity contribution in [3.8, 4) is 0 Å². The summed E-state index contributed by atoms with van der Waals surface area (Å²) in [6, 6.07) is 0. The van der Waals surface area contributed by atoms with Crippen LogP contribution in [0.2, 0.25) is 0 Å². The Morgan fingerprint density at radius 1 is 1.29 bits per heavy atom. The molecule has 7 heteroatoms. The van der Waals surface area contributed by atoms with Gasteiger partial charge in [0.25, 0.3) is 0 Å². The molecule has 4 N–H and O–H groups in total. The second kappa shape index (κ2) is 6.51. The molecule has 0 aliphatic rings. The van der Waals surface area contributed by atoms with Gasteiger partial charge in [0.15, 0.2) is 0 Å². The number of hydrogen-bond acceptors (Lipinski definition) is 6. The van der Waals surface area contributed by atoms with Crippen molar-refractivity contribution in [2.24, 2.45) is 5.84 Å². The van der Waals surface area contributed by atoms with E-state index >= 15 is 0 Å². The number of anilines is 2. The Kier molecular flexibility index (Phi) is 5.30. The maximum Gasteiger partial charge on any atom is 0.148 e. The number of aromatic nitrogens is 2. The summed E-state index contributed by atoms with van der Waals surface area (Å²) in [4.78, 5) is 8.45. The summed E-state index contributed by atoms with van der Waals surface area (Å²) in [5, 5.41) is 3.15. The standard InChI is InChI=1S/C10H19N5OS/c1-4-17(16)6-5-12-9-7(2)10(15-11)14-8(3)13-9/h4-6,11H2,1-3H3,(H2,12,13,14,15). The molecule has 1 aromatic rings. The molecule has 0 fully saturated rings. The Hall–Kier alpha value is -1.21. The number of hydrogen-bond donors (Lipinski definition) is 3. The van der Waals surface area contributed by atoms with E-state index < -0.39 is 10.8 Å². The molecule has 0 aliphatic heterocycles. The summed E-state index contributed by atoms with van der Waals surface area (Å²) in [5.41, 5.74) is 3.40. The fourth-order valence-corrected chi connectivity index (χ4v) is 1.99. The molecule has 0 bridgehead atoms. The molecule has 0 amide bonds. The zero-order valence-corrected chi connectivity index (χ0v) is 11.2. The van der Waals surface area contributed by atoms with Crippen LogP contribution in [0.4, 0.5) is 11.6 Å². The van der Waals surface area contributed by atoms with E-state index in [0.717, 1.165) is 11.4 Å². The maximum atomic E-state index is 11.3. The van der Waals surface area contributed by atoms with Crippen LogP contribution in [0.15, 0.2) is 0 Å². The average molecular weight is 257 g/mol. The molecule has 0 aromatic carbocycles. The second-order valence-corrected chi connectivity index (χ2v) is 5.46. The van der Waals surface area contributed by atoms with Crippen molar-refractivity contribution in [1.29, 1.82) is 0 Å². The van der Waals surface area contributed by atoms with Gasteiger partial charge < -0.3 is 10.7 Å². The number of rotatable bonds is 6. The van der Waals surface area contributed by atoms with Crippen LogP contribution < -0.4 is 16.6 Å². The van der Waals surface area contributed by atoms with Crippen molar-refractivity contribution in [2.45, 2.75) is 20.8 Å². The maximum absolute atomic E-state index is 11.3. The van der Waals surface area contributed by atoms with E-state index in [1.54, 1.807) is 6.92 Å². The minimum Gasteiger partial charge on any atom is -0.369 e. The van der Waals surface area contributed by atoms with Gasteiger partial charge in [0.2, 0.25) is 0 Å². The molecular formula is C10H19N5OS. The average Bonchev–Trinajstić information content (AvgIpc) is 2.32. The van der Waals surface area contributed by atoms with Crippen LogP contribution in [-0.4, -0.2) is 32.2 Å². The van der Waals surface area contributed by atoms with Crippen LogP contribution in [0.1, 0.15) is 18.3 Å². The molecule has 1 atom stereocenters. The van der Waals surface area contributed by atoms with E-state index in [-0.39, 0.29) is 0 Å². The third-order valence-electron chi connectivity index (χ3n) is 2.34. The van der Waals surface area contributed by atoms with Crippen LogP contribution >= 0.6 is 0 Å². The van der Waals surface area contributed by atoms with Crippen molar-refractivity contribution in [2.75, 3.05) is 28.8 Å². The van der Waals surface area contributed by atoms with Crippen molar-refractivity contribution < 1.29 is 4.21 Å². The Bertz CT molecular complexity index is 410. The minimum atomic E-state index is -0.766. The molecule has 0 saturated carbocycles. The summed E-state index contributed by atoms with van der Waals surface area (Å²) >= 11 is 0. The fourth-order valence-electron chi connectivity index (χ4n) is 1.37. The Morgan fingerprint density at radius 3 is 2.53 bits per heavy atom. The van der Waals surface area contributed by atoms with Crippen LogP contribution in [0.5, 0.6) is 0 Å². The highest BCUT2D eigenvalue weighted by Gasteiger charge is 2.07. The lowest BCUT2D eigenvalue weighted by Crippen LogP contribution is -2.17. The first-order chi connectivity index (χ1) is 8.08. The molecular weight excluding hydrogens is 238 g/mol. The first kappa shape index (κ1) is 13.9. The Morgan fingerprint density at radius 2 is 1.94 bits per heavy atom. The summed E-state index contributed by atoms with van der Waals surface area (Å²) in [6.07, 6.45) is 0. The number of nitrogens with zero attached hydrogens (tertiary/aromatic N) is 2. The van der Waals surface area contributed by atoms with Crippen molar-refractivity contribution in [3.05, 3.63) is 11.4 Å². The van der Waals surface area contributed by atoms with Crippen LogP contribution in [0, 0.1) is 13.8 Å². The van der Waals surface area contributed by atoms with Gasteiger partial charge in [-0.2, -0.15) is 0 Å². The zero-order valence-electron chi connectivity index (χ0n) is 10.4. The molecule has 6 nitrogen and oxygen atoms in total. The van der Waals surface area contributed by atoms with Crippen molar-refractivity contribution in [3.63, 3.8) is 0 Å². The molecule has 0 saturated heterocycles. The monoisotopic (exact) mass is 257 g/mol. The Balaban J connectivity index is 2.70. The number of aryl methyl sites for hydroxylation is 1. The quantitative estimate of drug-likeness (QED) is 0.509. The number of nitrogens with two attached hydrogens (primary N) is 1. The number of nitrogen functional groups attached to an aromatic ring is 1. The van der Waals surface area contributed by atoms with Gasteiger partial charge in [0.1, 0.15) is 17.5 Å². The van der Waals surface area contributed by atoms with Gasteiger partial charge in [0, 0.05) is 34.4 Å². The van der Waals surface area contributed by atoms with Crippen molar-refractivity contribution >= 4 is 22.4 Å². The van der Waals surface area contributed by atoms with Gasteiger partial charge in [-0.3, -0.25) is 4.21 Å². The molecule has 17 heavy (non-hydrogen) atoms. The van der Waals surface area contributed by atoms with Gasteiger partial charge in [-0.25, -0.2) is 15.8 Å². The van der Waals surface area contributed by atoms with E-state index in [2.05, 4.69) is 20.7 Å². The first-order valence-electron chi connectivity index (χ1n) is 5.49. The SMILES string of the molecule is CCS(=O)CCNc1nc(C)nc(NN)c1C. The normalized spacial score (nSPS) is 12.2. The fraction of sp³-hybridized carbons (Fsp3) is 0.600. The highest BCUT2D eigenvalue weighted by Crippen LogP contribution is 2.18. The Labute approximate surface area is 104 Å². The number of nitrogens with one attached hydrogen (secondary N) is 2. The second-order valence-electron chi connectivity index (χ2n) is 3.60. The van der Waals surface area contributed by atoms with Gasteiger partial charge >= 0.3 is 0 Å². The summed E-state index contributed by atoms with van der Waals surface area (Å²) in [6.45, 7) is 6.22. The van der Waals surface area contributed by atoms with E-state index in [0.29, 0.717) is 29.7 Å². The van der Waals surface area contributed by atoms with Crippen molar-refractivity contribution in [1.82, 2.24) is 9.97 Å².